The number of H-pyrrole nitrogens is 4. The number of benzene rings is 12. The number of nitrogens with one attached hydrogen (secondary N) is 4. The zero-order valence-electron chi connectivity index (χ0n) is 84.1. The van der Waals surface area contributed by atoms with Crippen LogP contribution in [0.15, 0.2) is 243 Å². The summed E-state index contributed by atoms with van der Waals surface area (Å²) in [7, 11) is 0. The molecule has 0 aliphatic heterocycles. The molecule has 0 atom stereocenters. The van der Waals surface area contributed by atoms with Gasteiger partial charge < -0.3 is 20.4 Å². The van der Waals surface area contributed by atoms with Crippen molar-refractivity contribution in [2.24, 2.45) is 11.8 Å². The minimum absolute atomic E-state index is 0. The summed E-state index contributed by atoms with van der Waals surface area (Å²) in [6, 6.07) is 75.6. The Morgan fingerprint density at radius 1 is 0.223 bits per heavy atom. The molecule has 0 radical (unpaired) electrons. The second-order valence-electron chi connectivity index (χ2n) is 44.4. The number of aromatic nitrogens is 4. The summed E-state index contributed by atoms with van der Waals surface area (Å²) in [6.45, 7) is 65.5. The molecular formula is C120H144Mg2N4O4+4. The van der Waals surface area contributed by atoms with Gasteiger partial charge in [0.1, 0.15) is 0 Å². The van der Waals surface area contributed by atoms with E-state index in [1.807, 2.05) is 73.3 Å². The van der Waals surface area contributed by atoms with Gasteiger partial charge in [0, 0.05) is 46.5 Å². The largest absolute Gasteiger partial charge is 2.00 e. The number of hydrogen-bond acceptors (Lipinski definition) is 4. The summed E-state index contributed by atoms with van der Waals surface area (Å²) >= 11 is 0. The van der Waals surface area contributed by atoms with Gasteiger partial charge in [0.05, 0.1) is 21.5 Å². The fourth-order valence-electron chi connectivity index (χ4n) is 17.3. The second kappa shape index (κ2) is 41.5. The van der Waals surface area contributed by atoms with Gasteiger partial charge in [-0.2, -0.15) is 0 Å². The van der Waals surface area contributed by atoms with Crippen LogP contribution in [0.2, 0.25) is 0 Å². The van der Waals surface area contributed by atoms with E-state index in [0.29, 0.717) is 0 Å². The Kier molecular flexibility index (Phi) is 33.1. The molecule has 0 saturated carbocycles. The van der Waals surface area contributed by atoms with E-state index < -0.39 is 0 Å². The zero-order chi connectivity index (χ0) is 93.9. The number of fused-ring (bicyclic) bond motifs is 8. The molecule has 0 amide bonds. The number of rotatable bonds is 8. The predicted molar refractivity (Wildman–Crippen MR) is 552 cm³/mol. The first-order valence-corrected chi connectivity index (χ1v) is 46.6. The van der Waals surface area contributed by atoms with Crippen molar-refractivity contribution >= 4 is 132 Å². The van der Waals surface area contributed by atoms with E-state index in [2.05, 4.69) is 398 Å². The maximum absolute atomic E-state index is 13.7. The van der Waals surface area contributed by atoms with Crippen molar-refractivity contribution in [2.75, 3.05) is 0 Å². The summed E-state index contributed by atoms with van der Waals surface area (Å²) in [4.78, 5) is 13.5. The molecule has 0 unspecified atom stereocenters. The van der Waals surface area contributed by atoms with Crippen LogP contribution < -0.4 is 40.4 Å². The van der Waals surface area contributed by atoms with Crippen LogP contribution in [-0.4, -0.2) is 46.1 Å². The van der Waals surface area contributed by atoms with Crippen LogP contribution in [0.5, 0.6) is 23.0 Å². The van der Waals surface area contributed by atoms with Crippen LogP contribution >= 0.6 is 0 Å². The van der Waals surface area contributed by atoms with Gasteiger partial charge in [-0.15, -0.1) is 0 Å². The van der Waals surface area contributed by atoms with Crippen molar-refractivity contribution in [3.05, 3.63) is 288 Å². The van der Waals surface area contributed by atoms with Crippen LogP contribution in [0.1, 0.15) is 278 Å². The van der Waals surface area contributed by atoms with E-state index >= 15 is 0 Å². The normalized spacial score (nSPS) is 12.2. The molecule has 4 N–H and O–H groups in total. The summed E-state index contributed by atoms with van der Waals surface area (Å²) < 4.78 is 0. The van der Waals surface area contributed by atoms with E-state index in [-0.39, 0.29) is 112 Å². The molecular weight excluding hydrogens is 1610 g/mol. The first-order valence-electron chi connectivity index (χ1n) is 46.6. The van der Waals surface area contributed by atoms with Crippen LogP contribution in [-0.2, 0) is 43.3 Å². The maximum atomic E-state index is 13.7. The molecule has 8 nitrogen and oxygen atoms in total. The van der Waals surface area contributed by atoms with Gasteiger partial charge in [-0.25, -0.2) is 19.9 Å². The summed E-state index contributed by atoms with van der Waals surface area (Å²) in [5.74, 6) is 2.24. The molecule has 668 valence electrons. The number of pyridine rings is 4. The molecule has 0 spiro atoms. The minimum atomic E-state index is -0.234. The van der Waals surface area contributed by atoms with Crippen LogP contribution in [0.25, 0.3) is 131 Å². The predicted octanol–water partition coefficient (Wildman–Crippen LogP) is 28.7. The maximum Gasteiger partial charge on any atom is 2.00 e. The first kappa shape index (κ1) is 104. The molecule has 0 bridgehead atoms. The van der Waals surface area contributed by atoms with Crippen molar-refractivity contribution in [1.29, 1.82) is 0 Å². The van der Waals surface area contributed by atoms with E-state index in [9.17, 15) is 20.4 Å². The fraction of sp³-hybridized carbons (Fsp3) is 0.367. The molecule has 10 heteroatoms. The Hall–Kier alpha value is -9.95. The van der Waals surface area contributed by atoms with Gasteiger partial charge in [-0.3, -0.25) is 0 Å². The van der Waals surface area contributed by atoms with Crippen molar-refractivity contribution in [3.63, 3.8) is 0 Å². The van der Waals surface area contributed by atoms with Gasteiger partial charge in [-0.1, -0.05) is 426 Å². The molecule has 16 aromatic rings. The molecule has 130 heavy (non-hydrogen) atoms. The smallest absolute Gasteiger partial charge is 0.872 e. The Labute approximate surface area is 810 Å². The molecule has 0 fully saturated rings. The number of aromatic amines is 4. The van der Waals surface area contributed by atoms with Gasteiger partial charge in [0.2, 0.25) is 22.8 Å². The molecule has 0 aliphatic rings. The third-order valence-electron chi connectivity index (χ3n) is 24.7. The molecule has 4 heterocycles. The monoisotopic (exact) mass is 1750 g/mol. The van der Waals surface area contributed by atoms with E-state index in [0.717, 1.165) is 165 Å². The minimum Gasteiger partial charge on any atom is -0.872 e. The quantitative estimate of drug-likeness (QED) is 0.139. The first-order chi connectivity index (χ1) is 59.8. The van der Waals surface area contributed by atoms with Crippen molar-refractivity contribution in [3.8, 4) is 68.0 Å². The average molecular weight is 1760 g/mol. The van der Waals surface area contributed by atoms with Crippen molar-refractivity contribution in [2.45, 2.75) is 277 Å². The van der Waals surface area contributed by atoms with Gasteiger partial charge in [-0.05, 0) is 189 Å². The standard InChI is InChI=1S/4C27H29NO.2C6H14.2Mg/c4*1-26(2,3)19-11-12-20-18(15-19)16-22(27(4,5)6)25(29)23(20)24-21-10-8-7-9-17(21)13-14-28-24;2*1-4-5-6(2)3;;/h4*7-16,29H,1-6H3;2*6H,4-5H2,1-3H3;;/q;;;;;;2*+2. The van der Waals surface area contributed by atoms with Crippen LogP contribution in [0, 0.1) is 11.8 Å². The van der Waals surface area contributed by atoms with Crippen molar-refractivity contribution < 1.29 is 40.4 Å². The molecule has 12 aromatic carbocycles. The summed E-state index contributed by atoms with van der Waals surface area (Å²) in [5.41, 5.74) is 14.4. The Morgan fingerprint density at radius 3 is 0.562 bits per heavy atom. The molecule has 4 aromatic heterocycles. The number of hydrogen-bond donors (Lipinski definition) is 0. The Morgan fingerprint density at radius 2 is 0.408 bits per heavy atom. The van der Waals surface area contributed by atoms with Gasteiger partial charge in [0.25, 0.3) is 0 Å². The molecule has 0 aliphatic carbocycles. The Bertz CT molecular complexity index is 5860. The van der Waals surface area contributed by atoms with E-state index in [1.54, 1.807) is 0 Å². The fourth-order valence-corrected chi connectivity index (χ4v) is 17.3. The van der Waals surface area contributed by atoms with E-state index in [1.165, 1.54) is 47.9 Å². The third kappa shape index (κ3) is 23.9. The molecule has 0 saturated heterocycles. The SMILES string of the molecule is CC(C)(C)c1ccc2c(-c3[nH+]ccc4ccccc34)c([O-])c(C(C)(C)C)cc2c1.CC(C)(C)c1ccc2c(-c3[nH+]ccc4ccccc34)c([O-])c(C(C)(C)C)cc2c1.CC(C)(C)c1ccc2c(-c3[nH+]ccc4ccccc34)c([O-])c(C(C)(C)C)cc2c1.CC(C)(C)c1ccc2c(-c3[nH+]ccc4ccccc34)c([O-])c(C(C)(C)C)cc2c1.CCCC(C)C.CCCC(C)C.[Mg+2].[Mg+2]. The second-order valence-corrected chi connectivity index (χ2v) is 44.4. The third-order valence-corrected chi connectivity index (χ3v) is 24.7. The molecule has 16 rings (SSSR count). The topological polar surface area (TPSA) is 149 Å². The van der Waals surface area contributed by atoms with Crippen LogP contribution in [0.3, 0.4) is 0 Å². The summed E-state index contributed by atoms with van der Waals surface area (Å²) in [5, 5.41) is 72.2. The Balaban J connectivity index is 0.000000186. The average Bonchev–Trinajstić information content (AvgIpc) is 0.756. The van der Waals surface area contributed by atoms with Gasteiger partial charge in [0.15, 0.2) is 24.8 Å². The zero-order valence-corrected chi connectivity index (χ0v) is 87.0. The van der Waals surface area contributed by atoms with Crippen molar-refractivity contribution in [1.82, 2.24) is 0 Å². The van der Waals surface area contributed by atoms with E-state index in [4.69, 9.17) is 0 Å². The summed E-state index contributed by atoms with van der Waals surface area (Å²) in [6.07, 6.45) is 13.1. The van der Waals surface area contributed by atoms with Gasteiger partial charge >= 0.3 is 46.1 Å². The van der Waals surface area contributed by atoms with Crippen LogP contribution in [0.4, 0.5) is 0 Å².